The molecule has 0 unspecified atom stereocenters. The van der Waals surface area contributed by atoms with Gasteiger partial charge in [0.1, 0.15) is 23.9 Å². The number of ether oxygens (including phenoxy) is 3. The van der Waals surface area contributed by atoms with Crippen LogP contribution in [0.5, 0.6) is 0 Å². The molecular weight excluding hydrogens is 308 g/mol. The highest BCUT2D eigenvalue weighted by Crippen LogP contribution is 2.46. The van der Waals surface area contributed by atoms with E-state index in [1.807, 2.05) is 13.0 Å². The Kier molecular flexibility index (Phi) is 3.79. The van der Waals surface area contributed by atoms with E-state index >= 15 is 0 Å². The van der Waals surface area contributed by atoms with Gasteiger partial charge >= 0.3 is 0 Å². The van der Waals surface area contributed by atoms with Gasteiger partial charge in [0.25, 0.3) is 0 Å². The Hall–Kier alpha value is -0.690. The summed E-state index contributed by atoms with van der Waals surface area (Å²) in [6.07, 6.45) is -3.25. The maximum atomic E-state index is 10.8. The lowest BCUT2D eigenvalue weighted by Gasteiger charge is -2.33. The smallest absolute Gasteiger partial charge is 0.190 e. The number of benzene rings is 1. The van der Waals surface area contributed by atoms with Gasteiger partial charge in [0, 0.05) is 5.02 Å². The molecule has 122 valence electrons. The predicted molar refractivity (Wildman–Crippen MR) is 80.5 cm³/mol. The number of rotatable bonds is 2. The van der Waals surface area contributed by atoms with Crippen molar-refractivity contribution < 1.29 is 24.4 Å². The zero-order chi connectivity index (χ0) is 16.3. The van der Waals surface area contributed by atoms with Crippen LogP contribution < -0.4 is 0 Å². The van der Waals surface area contributed by atoms with Crippen molar-refractivity contribution in [1.82, 2.24) is 0 Å². The molecule has 0 bridgehead atoms. The van der Waals surface area contributed by atoms with Crippen LogP contribution >= 0.6 is 11.6 Å². The monoisotopic (exact) mass is 328 g/mol. The van der Waals surface area contributed by atoms with E-state index in [4.69, 9.17) is 25.8 Å². The fourth-order valence-electron chi connectivity index (χ4n) is 3.03. The second-order valence-corrected chi connectivity index (χ2v) is 7.07. The molecule has 2 heterocycles. The molecule has 5 atom stereocenters. The third kappa shape index (κ3) is 2.56. The van der Waals surface area contributed by atoms with E-state index in [0.717, 1.165) is 5.56 Å². The normalized spacial score (nSPS) is 38.0. The molecule has 2 aliphatic heterocycles. The number of aliphatic hydroxyl groups excluding tert-OH is 1. The minimum Gasteiger partial charge on any atom is -0.386 e. The van der Waals surface area contributed by atoms with Crippen LogP contribution in [0.4, 0.5) is 0 Å². The summed E-state index contributed by atoms with van der Waals surface area (Å²) in [6, 6.07) is 5.27. The Morgan fingerprint density at radius 2 is 1.91 bits per heavy atom. The van der Waals surface area contributed by atoms with E-state index in [1.54, 1.807) is 32.9 Å². The molecule has 0 amide bonds. The lowest BCUT2D eigenvalue weighted by atomic mass is 9.88. The van der Waals surface area contributed by atoms with Crippen molar-refractivity contribution in [2.75, 3.05) is 0 Å². The first-order valence-corrected chi connectivity index (χ1v) is 7.67. The van der Waals surface area contributed by atoms with E-state index in [9.17, 15) is 10.2 Å². The average molecular weight is 329 g/mol. The summed E-state index contributed by atoms with van der Waals surface area (Å²) in [4.78, 5) is 0. The molecule has 2 saturated heterocycles. The quantitative estimate of drug-likeness (QED) is 0.872. The second kappa shape index (κ2) is 5.16. The summed E-state index contributed by atoms with van der Waals surface area (Å²) in [5.41, 5.74) is 0.122. The van der Waals surface area contributed by atoms with Crippen molar-refractivity contribution in [2.24, 2.45) is 0 Å². The molecular formula is C16H21ClO5. The summed E-state index contributed by atoms with van der Waals surface area (Å²) < 4.78 is 17.1. The zero-order valence-corrected chi connectivity index (χ0v) is 13.8. The van der Waals surface area contributed by atoms with Crippen molar-refractivity contribution >= 4 is 11.6 Å². The molecule has 22 heavy (non-hydrogen) atoms. The van der Waals surface area contributed by atoms with Crippen LogP contribution in [0.25, 0.3) is 0 Å². The van der Waals surface area contributed by atoms with Gasteiger partial charge in [0.05, 0.1) is 0 Å². The number of aliphatic hydroxyl groups is 2. The summed E-state index contributed by atoms with van der Waals surface area (Å²) in [6.45, 7) is 6.99. The van der Waals surface area contributed by atoms with Crippen LogP contribution in [0.3, 0.4) is 0 Å². The highest BCUT2D eigenvalue weighted by molar-refractivity contribution is 6.31. The Balaban J connectivity index is 1.85. The van der Waals surface area contributed by atoms with Gasteiger partial charge in [-0.1, -0.05) is 23.7 Å². The molecule has 0 aromatic heterocycles. The van der Waals surface area contributed by atoms with E-state index in [0.29, 0.717) is 10.6 Å². The number of halogens is 1. The Labute approximate surface area is 134 Å². The van der Waals surface area contributed by atoms with Crippen molar-refractivity contribution in [1.29, 1.82) is 0 Å². The van der Waals surface area contributed by atoms with Gasteiger partial charge in [-0.25, -0.2) is 0 Å². The third-order valence-corrected chi connectivity index (χ3v) is 4.72. The lowest BCUT2D eigenvalue weighted by Crippen LogP contribution is -2.48. The first-order valence-electron chi connectivity index (χ1n) is 7.29. The maximum absolute atomic E-state index is 10.8. The molecule has 0 spiro atoms. The van der Waals surface area contributed by atoms with E-state index in [-0.39, 0.29) is 0 Å². The van der Waals surface area contributed by atoms with Crippen LogP contribution in [0.15, 0.2) is 18.2 Å². The van der Waals surface area contributed by atoms with Crippen molar-refractivity contribution in [3.05, 3.63) is 34.3 Å². The van der Waals surface area contributed by atoms with Gasteiger partial charge in [-0.3, -0.25) is 0 Å². The van der Waals surface area contributed by atoms with E-state index in [1.165, 1.54) is 0 Å². The first-order chi connectivity index (χ1) is 10.1. The largest absolute Gasteiger partial charge is 0.386 e. The van der Waals surface area contributed by atoms with Crippen molar-refractivity contribution in [3.8, 4) is 0 Å². The summed E-state index contributed by atoms with van der Waals surface area (Å²) in [5.74, 6) is -0.817. The van der Waals surface area contributed by atoms with Gasteiger partial charge in [0.15, 0.2) is 12.1 Å². The molecule has 0 saturated carbocycles. The van der Waals surface area contributed by atoms with Crippen LogP contribution in [0, 0.1) is 6.92 Å². The van der Waals surface area contributed by atoms with Crippen LogP contribution in [-0.4, -0.2) is 40.1 Å². The molecule has 3 rings (SSSR count). The fraction of sp³-hybridized carbons (Fsp3) is 0.625. The van der Waals surface area contributed by atoms with Gasteiger partial charge in [-0.05, 0) is 44.9 Å². The maximum Gasteiger partial charge on any atom is 0.190 e. The lowest BCUT2D eigenvalue weighted by molar-refractivity contribution is -0.240. The molecule has 1 aromatic rings. The van der Waals surface area contributed by atoms with Crippen LogP contribution in [0.1, 0.15) is 38.0 Å². The molecule has 1 aromatic carbocycles. The van der Waals surface area contributed by atoms with Gasteiger partial charge in [-0.15, -0.1) is 0 Å². The number of hydrogen-bond acceptors (Lipinski definition) is 5. The summed E-state index contributed by atoms with van der Waals surface area (Å²) in [7, 11) is 0. The fourth-order valence-corrected chi connectivity index (χ4v) is 3.22. The van der Waals surface area contributed by atoms with Gasteiger partial charge in [-0.2, -0.15) is 0 Å². The Morgan fingerprint density at radius 3 is 2.50 bits per heavy atom. The van der Waals surface area contributed by atoms with Crippen molar-refractivity contribution in [2.45, 2.75) is 63.7 Å². The molecule has 6 heteroatoms. The molecule has 2 N–H and O–H groups in total. The highest BCUT2D eigenvalue weighted by atomic mass is 35.5. The number of fused-ring (bicyclic) bond motifs is 1. The molecule has 0 aliphatic carbocycles. The molecule has 2 aliphatic rings. The number of aryl methyl sites for hydroxylation is 1. The van der Waals surface area contributed by atoms with E-state index in [2.05, 4.69) is 0 Å². The summed E-state index contributed by atoms with van der Waals surface area (Å²) in [5, 5.41) is 21.9. The minimum absolute atomic E-state index is 0.558. The molecule has 2 fully saturated rings. The minimum atomic E-state index is -1.38. The number of hydrogen-bond donors (Lipinski definition) is 2. The highest BCUT2D eigenvalue weighted by Gasteiger charge is 2.62. The van der Waals surface area contributed by atoms with Gasteiger partial charge in [0.2, 0.25) is 0 Å². The van der Waals surface area contributed by atoms with Crippen LogP contribution in [-0.2, 0) is 14.2 Å². The van der Waals surface area contributed by atoms with Gasteiger partial charge < -0.3 is 24.4 Å². The molecule has 5 nitrogen and oxygen atoms in total. The Bertz CT molecular complexity index is 586. The van der Waals surface area contributed by atoms with Crippen molar-refractivity contribution in [3.63, 3.8) is 0 Å². The SMILES string of the molecule is Cc1ccc([C@@H](O)[C@H]2O[C@@H]3OC(C)(C)O[C@@H]3[C@]2(C)O)cc1Cl. The molecule has 0 radical (unpaired) electrons. The predicted octanol–water partition coefficient (Wildman–Crippen LogP) is 2.31. The van der Waals surface area contributed by atoms with E-state index < -0.39 is 36.0 Å². The summed E-state index contributed by atoms with van der Waals surface area (Å²) >= 11 is 6.11. The zero-order valence-electron chi connectivity index (χ0n) is 13.0. The first kappa shape index (κ1) is 16.2. The second-order valence-electron chi connectivity index (χ2n) is 6.66. The topological polar surface area (TPSA) is 68.2 Å². The Morgan fingerprint density at radius 1 is 1.23 bits per heavy atom. The third-order valence-electron chi connectivity index (χ3n) is 4.31. The average Bonchev–Trinajstić information content (AvgIpc) is 2.84. The standard InChI is InChI=1S/C16H21ClO5/c1-8-5-6-9(7-10(8)17)11(18)12-16(4,19)13-14(20-12)22-15(2,3)21-13/h5-7,11-14,18-19H,1-4H3/t11-,12-,13+,14-,16-/m1/s1. The van der Waals surface area contributed by atoms with Crippen LogP contribution in [0.2, 0.25) is 5.02 Å².